The summed E-state index contributed by atoms with van der Waals surface area (Å²) in [6.45, 7) is 0.229. The molecule has 3 aromatic carbocycles. The second kappa shape index (κ2) is 10.8. The minimum atomic E-state index is -0.773. The summed E-state index contributed by atoms with van der Waals surface area (Å²) in [5.74, 6) is 0.0782. The molecule has 0 saturated carbocycles. The monoisotopic (exact) mass is 463 g/mol. The molecule has 0 aliphatic rings. The minimum absolute atomic E-state index is 0.00505. The van der Waals surface area contributed by atoms with Gasteiger partial charge in [0, 0.05) is 16.7 Å². The molecule has 0 radical (unpaired) electrons. The number of para-hydroxylation sites is 2. The lowest BCUT2D eigenvalue weighted by Gasteiger charge is -2.12. The molecule has 0 saturated heterocycles. The molecule has 1 amide bonds. The van der Waals surface area contributed by atoms with E-state index in [1.807, 2.05) is 24.3 Å². The van der Waals surface area contributed by atoms with E-state index >= 15 is 0 Å². The number of hydrogen-bond donors (Lipinski definition) is 1. The zero-order chi connectivity index (χ0) is 23.8. The summed E-state index contributed by atoms with van der Waals surface area (Å²) in [6, 6.07) is 19.7. The van der Waals surface area contributed by atoms with Gasteiger partial charge in [-0.05, 0) is 35.9 Å². The van der Waals surface area contributed by atoms with Crippen molar-refractivity contribution in [2.75, 3.05) is 12.4 Å². The van der Waals surface area contributed by atoms with Crippen LogP contribution in [-0.2, 0) is 11.4 Å². The molecule has 0 aliphatic carbocycles. The number of benzene rings is 3. The highest BCUT2D eigenvalue weighted by Crippen LogP contribution is 2.31. The number of nitrogens with zero attached hydrogens (tertiary/aromatic N) is 2. The van der Waals surface area contributed by atoms with Crippen LogP contribution in [0.25, 0.3) is 6.08 Å². The van der Waals surface area contributed by atoms with Crippen LogP contribution in [0.5, 0.6) is 11.5 Å². The standard InChI is InChI=1S/C24H18ClN3O5/c1-32-23-13-16(10-11-22(23)33-15-17-6-2-3-7-19(17)25)12-18(14-26)24(29)27-20-8-4-5-9-21(20)28(30)31/h2-13H,15H2,1H3,(H,27,29)/b18-12-. The Hall–Kier alpha value is -4.35. The Balaban J connectivity index is 1.79. The third-order valence-corrected chi connectivity index (χ3v) is 4.92. The Labute approximate surface area is 194 Å². The molecule has 0 fully saturated rings. The number of amides is 1. The van der Waals surface area contributed by atoms with Gasteiger partial charge in [0.2, 0.25) is 0 Å². The van der Waals surface area contributed by atoms with Gasteiger partial charge in [-0.3, -0.25) is 14.9 Å². The predicted octanol–water partition coefficient (Wildman–Crippen LogP) is 5.38. The van der Waals surface area contributed by atoms with E-state index in [0.29, 0.717) is 22.1 Å². The lowest BCUT2D eigenvalue weighted by Crippen LogP contribution is -2.14. The van der Waals surface area contributed by atoms with Crippen molar-refractivity contribution in [3.05, 3.63) is 98.6 Å². The van der Waals surface area contributed by atoms with Gasteiger partial charge in [-0.2, -0.15) is 5.26 Å². The number of halogens is 1. The van der Waals surface area contributed by atoms with Crippen molar-refractivity contribution < 1.29 is 19.2 Å². The SMILES string of the molecule is COc1cc(/C=C(/C#N)C(=O)Nc2ccccc2[N+](=O)[O-])ccc1OCc1ccccc1Cl. The molecule has 1 N–H and O–H groups in total. The van der Waals surface area contributed by atoms with E-state index in [4.69, 9.17) is 21.1 Å². The fraction of sp³-hybridized carbons (Fsp3) is 0.0833. The summed E-state index contributed by atoms with van der Waals surface area (Å²) in [5, 5.41) is 23.6. The quantitative estimate of drug-likeness (QED) is 0.207. The molecule has 0 heterocycles. The highest BCUT2D eigenvalue weighted by atomic mass is 35.5. The van der Waals surface area contributed by atoms with Gasteiger partial charge in [-0.25, -0.2) is 0 Å². The molecule has 0 atom stereocenters. The van der Waals surface area contributed by atoms with Crippen molar-refractivity contribution in [2.24, 2.45) is 0 Å². The van der Waals surface area contributed by atoms with Gasteiger partial charge in [-0.1, -0.05) is 48.0 Å². The molecular formula is C24H18ClN3O5. The van der Waals surface area contributed by atoms with Crippen LogP contribution >= 0.6 is 11.6 Å². The second-order valence-electron chi connectivity index (χ2n) is 6.69. The van der Waals surface area contributed by atoms with Crippen LogP contribution < -0.4 is 14.8 Å². The van der Waals surface area contributed by atoms with Gasteiger partial charge in [0.25, 0.3) is 11.6 Å². The maximum Gasteiger partial charge on any atom is 0.292 e. The van der Waals surface area contributed by atoms with E-state index in [-0.39, 0.29) is 23.6 Å². The number of nitro groups is 1. The van der Waals surface area contributed by atoms with Crippen molar-refractivity contribution in [3.8, 4) is 17.6 Å². The summed E-state index contributed by atoms with van der Waals surface area (Å²) in [5.41, 5.74) is 0.800. The Kier molecular flexibility index (Phi) is 7.63. The molecule has 0 bridgehead atoms. The number of carbonyl (C=O) groups excluding carboxylic acids is 1. The van der Waals surface area contributed by atoms with Gasteiger partial charge in [0.1, 0.15) is 23.9 Å². The number of nitrogens with one attached hydrogen (secondary N) is 1. The first-order valence-corrected chi connectivity index (χ1v) is 10.0. The van der Waals surface area contributed by atoms with Crippen molar-refractivity contribution in [1.29, 1.82) is 5.26 Å². The number of anilines is 1. The molecule has 166 valence electrons. The fourth-order valence-electron chi connectivity index (χ4n) is 2.91. The van der Waals surface area contributed by atoms with E-state index < -0.39 is 10.8 Å². The molecule has 0 aliphatic heterocycles. The van der Waals surface area contributed by atoms with Crippen LogP contribution in [0.4, 0.5) is 11.4 Å². The summed E-state index contributed by atoms with van der Waals surface area (Å²) >= 11 is 6.15. The molecule has 9 heteroatoms. The number of nitriles is 1. The smallest absolute Gasteiger partial charge is 0.292 e. The Bertz CT molecular complexity index is 1270. The number of methoxy groups -OCH3 is 1. The van der Waals surface area contributed by atoms with Crippen molar-refractivity contribution in [2.45, 2.75) is 6.61 Å². The topological polar surface area (TPSA) is 114 Å². The van der Waals surface area contributed by atoms with Gasteiger partial charge in [-0.15, -0.1) is 0 Å². The average molecular weight is 464 g/mol. The van der Waals surface area contributed by atoms with Crippen molar-refractivity contribution >= 4 is 35.0 Å². The maximum atomic E-state index is 12.5. The largest absolute Gasteiger partial charge is 0.493 e. The zero-order valence-corrected chi connectivity index (χ0v) is 18.2. The van der Waals surface area contributed by atoms with Crippen molar-refractivity contribution in [1.82, 2.24) is 0 Å². The van der Waals surface area contributed by atoms with Gasteiger partial charge in [0.15, 0.2) is 11.5 Å². The molecule has 0 spiro atoms. The van der Waals surface area contributed by atoms with E-state index in [1.54, 1.807) is 30.3 Å². The number of nitro benzene ring substituents is 1. The first-order valence-electron chi connectivity index (χ1n) is 9.63. The third kappa shape index (κ3) is 5.87. The highest BCUT2D eigenvalue weighted by Gasteiger charge is 2.17. The van der Waals surface area contributed by atoms with Crippen LogP contribution in [0.15, 0.2) is 72.3 Å². The first kappa shape index (κ1) is 23.3. The minimum Gasteiger partial charge on any atom is -0.493 e. The molecule has 0 unspecified atom stereocenters. The molecular weight excluding hydrogens is 446 g/mol. The summed E-state index contributed by atoms with van der Waals surface area (Å²) in [4.78, 5) is 23.1. The van der Waals surface area contributed by atoms with Crippen molar-refractivity contribution in [3.63, 3.8) is 0 Å². The molecule has 8 nitrogen and oxygen atoms in total. The number of hydrogen-bond acceptors (Lipinski definition) is 6. The average Bonchev–Trinajstić information content (AvgIpc) is 2.82. The molecule has 0 aromatic heterocycles. The van der Waals surface area contributed by atoms with Crippen LogP contribution in [0, 0.1) is 21.4 Å². The molecule has 33 heavy (non-hydrogen) atoms. The molecule has 3 aromatic rings. The predicted molar refractivity (Wildman–Crippen MR) is 124 cm³/mol. The third-order valence-electron chi connectivity index (χ3n) is 4.55. The Morgan fingerprint density at radius 1 is 1.15 bits per heavy atom. The van der Waals surface area contributed by atoms with Gasteiger partial charge < -0.3 is 14.8 Å². The second-order valence-corrected chi connectivity index (χ2v) is 7.10. The lowest BCUT2D eigenvalue weighted by molar-refractivity contribution is -0.383. The van der Waals surface area contributed by atoms with E-state index in [0.717, 1.165) is 5.56 Å². The van der Waals surface area contributed by atoms with Gasteiger partial charge in [0.05, 0.1) is 12.0 Å². The highest BCUT2D eigenvalue weighted by molar-refractivity contribution is 6.31. The van der Waals surface area contributed by atoms with Crippen LogP contribution in [0.1, 0.15) is 11.1 Å². The normalized spacial score (nSPS) is 10.8. The van der Waals surface area contributed by atoms with E-state index in [9.17, 15) is 20.2 Å². The molecule has 3 rings (SSSR count). The summed E-state index contributed by atoms with van der Waals surface area (Å²) in [6.07, 6.45) is 1.35. The number of carbonyl (C=O) groups is 1. The maximum absolute atomic E-state index is 12.5. The number of rotatable bonds is 8. The lowest BCUT2D eigenvalue weighted by atomic mass is 10.1. The first-order chi connectivity index (χ1) is 15.9. The fourth-order valence-corrected chi connectivity index (χ4v) is 3.10. The summed E-state index contributed by atoms with van der Waals surface area (Å²) < 4.78 is 11.2. The van der Waals surface area contributed by atoms with E-state index in [2.05, 4.69) is 5.32 Å². The van der Waals surface area contributed by atoms with Crippen LogP contribution in [0.3, 0.4) is 0 Å². The van der Waals surface area contributed by atoms with Gasteiger partial charge >= 0.3 is 0 Å². The van der Waals surface area contributed by atoms with E-state index in [1.165, 1.54) is 31.4 Å². The van der Waals surface area contributed by atoms with Crippen LogP contribution in [-0.4, -0.2) is 17.9 Å². The summed E-state index contributed by atoms with van der Waals surface area (Å²) in [7, 11) is 1.47. The Morgan fingerprint density at radius 3 is 2.58 bits per heavy atom. The van der Waals surface area contributed by atoms with Crippen LogP contribution in [0.2, 0.25) is 5.02 Å². The Morgan fingerprint density at radius 2 is 1.88 bits per heavy atom. The number of ether oxygens (including phenoxy) is 2. The zero-order valence-electron chi connectivity index (χ0n) is 17.4.